The summed E-state index contributed by atoms with van der Waals surface area (Å²) in [5.74, 6) is 0.718. The molecule has 0 bridgehead atoms. The van der Waals surface area contributed by atoms with Crippen LogP contribution in [0.25, 0.3) is 0 Å². The lowest BCUT2D eigenvalue weighted by Crippen LogP contribution is -2.52. The van der Waals surface area contributed by atoms with Crippen molar-refractivity contribution in [3.63, 3.8) is 0 Å². The van der Waals surface area contributed by atoms with Gasteiger partial charge in [-0.05, 0) is 25.5 Å². The van der Waals surface area contributed by atoms with Crippen molar-refractivity contribution in [3.8, 4) is 0 Å². The predicted octanol–water partition coefficient (Wildman–Crippen LogP) is 2.02. The Kier molecular flexibility index (Phi) is 7.70. The zero-order valence-corrected chi connectivity index (χ0v) is 17.9. The van der Waals surface area contributed by atoms with Crippen LogP contribution in [0.1, 0.15) is 31.1 Å². The predicted molar refractivity (Wildman–Crippen MR) is 113 cm³/mol. The molecular formula is C19H28ClN5O2S. The summed E-state index contributed by atoms with van der Waals surface area (Å²) in [7, 11) is 0. The molecular weight excluding hydrogens is 398 g/mol. The summed E-state index contributed by atoms with van der Waals surface area (Å²) < 4.78 is 0.834. The van der Waals surface area contributed by atoms with Crippen LogP contribution in [0.4, 0.5) is 0 Å². The number of hydrogen-bond acceptors (Lipinski definition) is 5. The molecule has 154 valence electrons. The number of guanidine groups is 1. The average Bonchev–Trinajstić information content (AvgIpc) is 3.09. The van der Waals surface area contributed by atoms with Crippen LogP contribution < -0.4 is 5.32 Å². The van der Waals surface area contributed by atoms with Crippen LogP contribution in [0.15, 0.2) is 17.1 Å². The van der Waals surface area contributed by atoms with Gasteiger partial charge in [-0.25, -0.2) is 0 Å². The molecule has 0 aromatic carbocycles. The highest BCUT2D eigenvalue weighted by atomic mass is 35.5. The van der Waals surface area contributed by atoms with E-state index in [2.05, 4.69) is 26.2 Å². The molecule has 7 nitrogen and oxygen atoms in total. The third kappa shape index (κ3) is 5.68. The van der Waals surface area contributed by atoms with Crippen molar-refractivity contribution in [2.24, 2.45) is 4.99 Å². The molecule has 2 aliphatic rings. The van der Waals surface area contributed by atoms with Crippen LogP contribution in [0, 0.1) is 0 Å². The van der Waals surface area contributed by atoms with E-state index in [9.17, 15) is 9.59 Å². The number of hydrogen-bond donors (Lipinski definition) is 1. The fraction of sp³-hybridized carbons (Fsp3) is 0.632. The summed E-state index contributed by atoms with van der Waals surface area (Å²) in [6, 6.07) is 4.04. The number of likely N-dealkylation sites (tertiary alicyclic amines) is 1. The second kappa shape index (κ2) is 10.2. The fourth-order valence-corrected chi connectivity index (χ4v) is 4.64. The van der Waals surface area contributed by atoms with Gasteiger partial charge in [-0.1, -0.05) is 11.6 Å². The lowest BCUT2D eigenvalue weighted by atomic mass is 10.1. The van der Waals surface area contributed by atoms with Crippen LogP contribution in [-0.4, -0.2) is 78.3 Å². The molecule has 0 saturated carbocycles. The van der Waals surface area contributed by atoms with Crippen LogP contribution in [0.3, 0.4) is 0 Å². The van der Waals surface area contributed by atoms with E-state index in [0.717, 1.165) is 49.6 Å². The molecule has 9 heteroatoms. The molecule has 28 heavy (non-hydrogen) atoms. The van der Waals surface area contributed by atoms with Gasteiger partial charge < -0.3 is 10.2 Å². The van der Waals surface area contributed by atoms with Crippen LogP contribution in [0.5, 0.6) is 0 Å². The summed E-state index contributed by atoms with van der Waals surface area (Å²) in [5.41, 5.74) is 0. The first-order valence-electron chi connectivity index (χ1n) is 9.90. The maximum atomic E-state index is 11.9. The lowest BCUT2D eigenvalue weighted by Gasteiger charge is -2.36. The van der Waals surface area contributed by atoms with Gasteiger partial charge in [0.2, 0.25) is 11.8 Å². The number of piperidine rings is 1. The smallest absolute Gasteiger partial charge is 0.229 e. The minimum Gasteiger partial charge on any atom is -0.357 e. The topological polar surface area (TPSA) is 68.2 Å². The minimum absolute atomic E-state index is 0.0706. The van der Waals surface area contributed by atoms with Gasteiger partial charge in [-0.2, -0.15) is 0 Å². The SMILES string of the molecule is CCNC(=NCCN1C(=O)CCCC1=O)N1CCN(Cc2ccc(Cl)s2)CC1. The summed E-state index contributed by atoms with van der Waals surface area (Å²) in [4.78, 5) is 35.8. The molecule has 3 rings (SSSR count). The molecule has 0 aliphatic carbocycles. The van der Waals surface area contributed by atoms with Crippen LogP contribution in [0.2, 0.25) is 4.34 Å². The Hall–Kier alpha value is -1.64. The highest BCUT2D eigenvalue weighted by molar-refractivity contribution is 7.16. The third-order valence-electron chi connectivity index (χ3n) is 4.98. The maximum absolute atomic E-state index is 11.9. The summed E-state index contributed by atoms with van der Waals surface area (Å²) in [6.07, 6.45) is 1.60. The first-order chi connectivity index (χ1) is 13.6. The van der Waals surface area contributed by atoms with Crippen molar-refractivity contribution < 1.29 is 9.59 Å². The van der Waals surface area contributed by atoms with E-state index in [1.165, 1.54) is 9.78 Å². The first-order valence-corrected chi connectivity index (χ1v) is 11.1. The van der Waals surface area contributed by atoms with E-state index in [0.29, 0.717) is 32.4 Å². The molecule has 0 radical (unpaired) electrons. The number of nitrogens with one attached hydrogen (secondary N) is 1. The number of nitrogens with zero attached hydrogens (tertiary/aromatic N) is 4. The number of halogens is 1. The monoisotopic (exact) mass is 425 g/mol. The zero-order valence-electron chi connectivity index (χ0n) is 16.3. The van der Waals surface area contributed by atoms with Crippen LogP contribution >= 0.6 is 22.9 Å². The van der Waals surface area contributed by atoms with Gasteiger partial charge in [0.15, 0.2) is 5.96 Å². The highest BCUT2D eigenvalue weighted by Crippen LogP contribution is 2.23. The van der Waals surface area contributed by atoms with Gasteiger partial charge in [0.05, 0.1) is 10.9 Å². The number of rotatable bonds is 6. The Morgan fingerprint density at radius 2 is 1.89 bits per heavy atom. The second-order valence-corrected chi connectivity index (χ2v) is 8.80. The molecule has 0 unspecified atom stereocenters. The Balaban J connectivity index is 1.50. The summed E-state index contributed by atoms with van der Waals surface area (Å²) in [6.45, 7) is 8.28. The third-order valence-corrected chi connectivity index (χ3v) is 6.20. The van der Waals surface area contributed by atoms with E-state index in [-0.39, 0.29) is 11.8 Å². The van der Waals surface area contributed by atoms with Gasteiger partial charge >= 0.3 is 0 Å². The van der Waals surface area contributed by atoms with Crippen molar-refractivity contribution in [2.45, 2.75) is 32.7 Å². The zero-order chi connectivity index (χ0) is 19.9. The van der Waals surface area contributed by atoms with Gasteiger partial charge in [-0.15, -0.1) is 11.3 Å². The van der Waals surface area contributed by atoms with E-state index in [4.69, 9.17) is 11.6 Å². The van der Waals surface area contributed by atoms with Crippen molar-refractivity contribution in [1.82, 2.24) is 20.0 Å². The number of imide groups is 1. The lowest BCUT2D eigenvalue weighted by molar-refractivity contribution is -0.147. The molecule has 2 amide bonds. The molecule has 3 heterocycles. The quantitative estimate of drug-likeness (QED) is 0.429. The van der Waals surface area contributed by atoms with Gasteiger partial charge in [0, 0.05) is 63.5 Å². The normalized spacial score (nSPS) is 19.4. The molecule has 2 fully saturated rings. The number of amides is 2. The summed E-state index contributed by atoms with van der Waals surface area (Å²) >= 11 is 7.66. The van der Waals surface area contributed by atoms with Crippen molar-refractivity contribution in [1.29, 1.82) is 0 Å². The number of piperazine rings is 1. The Morgan fingerprint density at radius 1 is 1.18 bits per heavy atom. The van der Waals surface area contributed by atoms with E-state index in [1.54, 1.807) is 11.3 Å². The number of thiophene rings is 1. The first kappa shape index (κ1) is 21.1. The van der Waals surface area contributed by atoms with E-state index >= 15 is 0 Å². The average molecular weight is 426 g/mol. The Morgan fingerprint density at radius 3 is 2.50 bits per heavy atom. The van der Waals surface area contributed by atoms with Gasteiger partial charge in [0.25, 0.3) is 0 Å². The van der Waals surface area contributed by atoms with Crippen LogP contribution in [-0.2, 0) is 16.1 Å². The van der Waals surface area contributed by atoms with E-state index in [1.807, 2.05) is 13.0 Å². The van der Waals surface area contributed by atoms with Crippen molar-refractivity contribution in [3.05, 3.63) is 21.3 Å². The molecule has 2 aliphatic heterocycles. The standard InChI is InChI=1S/C19H28ClN5O2S/c1-2-21-19(22-8-9-25-17(26)4-3-5-18(25)27)24-12-10-23(11-13-24)14-15-6-7-16(20)28-15/h6-7H,2-5,8-14H2,1H3,(H,21,22). The Labute approximate surface area is 175 Å². The second-order valence-electron chi connectivity index (χ2n) is 7.00. The number of carbonyl (C=O) groups is 2. The van der Waals surface area contributed by atoms with Gasteiger partial charge in [-0.3, -0.25) is 24.4 Å². The van der Waals surface area contributed by atoms with Gasteiger partial charge in [0.1, 0.15) is 0 Å². The number of carbonyl (C=O) groups excluding carboxylic acids is 2. The maximum Gasteiger partial charge on any atom is 0.229 e. The molecule has 0 atom stereocenters. The molecule has 1 aromatic heterocycles. The van der Waals surface area contributed by atoms with Crippen molar-refractivity contribution in [2.75, 3.05) is 45.8 Å². The largest absolute Gasteiger partial charge is 0.357 e. The molecule has 2 saturated heterocycles. The highest BCUT2D eigenvalue weighted by Gasteiger charge is 2.25. The Bertz CT molecular complexity index is 699. The summed E-state index contributed by atoms with van der Waals surface area (Å²) in [5, 5.41) is 3.33. The number of aliphatic imine (C=N–C) groups is 1. The minimum atomic E-state index is -0.0706. The molecule has 1 N–H and O–H groups in total. The fourth-order valence-electron chi connectivity index (χ4n) is 3.51. The van der Waals surface area contributed by atoms with Crippen molar-refractivity contribution >= 4 is 40.7 Å². The van der Waals surface area contributed by atoms with E-state index < -0.39 is 0 Å². The molecule has 1 aromatic rings. The molecule has 0 spiro atoms.